The molecule has 3 rings (SSSR count). The first-order chi connectivity index (χ1) is 11.3. The Hall–Kier alpha value is -2.48. The molecule has 8 heteroatoms. The predicted molar refractivity (Wildman–Crippen MR) is 84.3 cm³/mol. The minimum atomic E-state index is -4.24. The van der Waals surface area contributed by atoms with Crippen LogP contribution < -0.4 is 4.72 Å². The molecule has 0 saturated carbocycles. The summed E-state index contributed by atoms with van der Waals surface area (Å²) in [6.45, 7) is 0.454. The molecule has 0 spiro atoms. The number of hydrogen-bond donors (Lipinski definition) is 1. The number of likely N-dealkylation sites (N-methyl/N-ethyl adjacent to an activating group) is 1. The first-order valence-corrected chi connectivity index (χ1v) is 8.63. The second kappa shape index (κ2) is 5.86. The number of amides is 1. The number of sulfonamides is 1. The fourth-order valence-electron chi connectivity index (χ4n) is 2.63. The van der Waals surface area contributed by atoms with Gasteiger partial charge in [-0.3, -0.25) is 9.52 Å². The Labute approximate surface area is 138 Å². The number of benzene rings is 2. The molecule has 0 saturated heterocycles. The van der Waals surface area contributed by atoms with Gasteiger partial charge in [0, 0.05) is 25.2 Å². The maximum atomic E-state index is 13.8. The summed E-state index contributed by atoms with van der Waals surface area (Å²) >= 11 is 0. The van der Waals surface area contributed by atoms with E-state index in [1.807, 2.05) is 0 Å². The fourth-order valence-corrected chi connectivity index (χ4v) is 3.79. The number of fused-ring (bicyclic) bond motifs is 1. The number of nitrogens with zero attached hydrogens (tertiary/aromatic N) is 1. The summed E-state index contributed by atoms with van der Waals surface area (Å²) in [6.07, 6.45) is 0.474. The van der Waals surface area contributed by atoms with E-state index in [4.69, 9.17) is 0 Å². The molecule has 2 aromatic rings. The van der Waals surface area contributed by atoms with Gasteiger partial charge in [-0.1, -0.05) is 6.07 Å². The van der Waals surface area contributed by atoms with Crippen molar-refractivity contribution in [2.24, 2.45) is 0 Å². The van der Waals surface area contributed by atoms with Crippen molar-refractivity contribution in [2.75, 3.05) is 18.3 Å². The smallest absolute Gasteiger partial charge is 0.264 e. The third-order valence-electron chi connectivity index (χ3n) is 3.88. The molecular weight excluding hydrogens is 338 g/mol. The van der Waals surface area contributed by atoms with Gasteiger partial charge < -0.3 is 4.90 Å². The Balaban J connectivity index is 2.01. The van der Waals surface area contributed by atoms with Gasteiger partial charge in [0.2, 0.25) is 0 Å². The van der Waals surface area contributed by atoms with Crippen LogP contribution in [0.2, 0.25) is 0 Å². The number of carbonyl (C=O) groups excluding carboxylic acids is 1. The van der Waals surface area contributed by atoms with Crippen LogP contribution in [0.3, 0.4) is 0 Å². The number of carbonyl (C=O) groups is 1. The molecule has 1 amide bonds. The van der Waals surface area contributed by atoms with Crippen molar-refractivity contribution in [3.05, 3.63) is 59.2 Å². The molecule has 1 aliphatic rings. The van der Waals surface area contributed by atoms with Crippen molar-refractivity contribution in [1.29, 1.82) is 0 Å². The quantitative estimate of drug-likeness (QED) is 0.922. The maximum Gasteiger partial charge on any atom is 0.264 e. The van der Waals surface area contributed by atoms with E-state index >= 15 is 0 Å². The summed E-state index contributed by atoms with van der Waals surface area (Å²) in [4.78, 5) is 13.0. The van der Waals surface area contributed by atoms with E-state index in [2.05, 4.69) is 4.72 Å². The maximum absolute atomic E-state index is 13.8. The Morgan fingerprint density at radius 1 is 1.17 bits per heavy atom. The molecule has 0 bridgehead atoms. The van der Waals surface area contributed by atoms with Crippen LogP contribution in [0.15, 0.2) is 41.3 Å². The molecule has 0 radical (unpaired) electrons. The Bertz CT molecular complexity index is 929. The molecular formula is C16H14F2N2O3S. The average molecular weight is 352 g/mol. The zero-order valence-electron chi connectivity index (χ0n) is 12.7. The highest BCUT2D eigenvalue weighted by Gasteiger charge is 2.26. The SMILES string of the molecule is CN1CCc2c(NS(=O)(=O)c3ccc(F)cc3F)cccc2C1=O. The number of rotatable bonds is 3. The van der Waals surface area contributed by atoms with Gasteiger partial charge in [0.05, 0.1) is 5.69 Å². The molecule has 0 aromatic heterocycles. The van der Waals surface area contributed by atoms with Crippen molar-refractivity contribution < 1.29 is 22.0 Å². The molecule has 2 aromatic carbocycles. The third kappa shape index (κ3) is 2.84. The van der Waals surface area contributed by atoms with Crippen molar-refractivity contribution in [1.82, 2.24) is 4.90 Å². The van der Waals surface area contributed by atoms with Gasteiger partial charge in [-0.15, -0.1) is 0 Å². The van der Waals surface area contributed by atoms with Crippen LogP contribution in [-0.4, -0.2) is 32.8 Å². The van der Waals surface area contributed by atoms with Crippen LogP contribution in [0.25, 0.3) is 0 Å². The van der Waals surface area contributed by atoms with Crippen molar-refractivity contribution >= 4 is 21.6 Å². The van der Waals surface area contributed by atoms with E-state index in [1.165, 1.54) is 6.07 Å². The monoisotopic (exact) mass is 352 g/mol. The third-order valence-corrected chi connectivity index (χ3v) is 5.28. The molecule has 126 valence electrons. The van der Waals surface area contributed by atoms with E-state index in [-0.39, 0.29) is 11.6 Å². The largest absolute Gasteiger partial charge is 0.341 e. The second-order valence-corrected chi connectivity index (χ2v) is 7.14. The molecule has 0 aliphatic carbocycles. The lowest BCUT2D eigenvalue weighted by Gasteiger charge is -2.26. The first kappa shape index (κ1) is 16.4. The molecule has 5 nitrogen and oxygen atoms in total. The van der Waals surface area contributed by atoms with Gasteiger partial charge in [0.25, 0.3) is 15.9 Å². The van der Waals surface area contributed by atoms with Crippen molar-refractivity contribution in [3.63, 3.8) is 0 Å². The van der Waals surface area contributed by atoms with Gasteiger partial charge in [-0.2, -0.15) is 0 Å². The summed E-state index contributed by atoms with van der Waals surface area (Å²) in [7, 11) is -2.58. The van der Waals surface area contributed by atoms with Crippen LogP contribution in [0.4, 0.5) is 14.5 Å². The molecule has 0 fully saturated rings. The minimum Gasteiger partial charge on any atom is -0.341 e. The van der Waals surface area contributed by atoms with Crippen LogP contribution in [0.5, 0.6) is 0 Å². The lowest BCUT2D eigenvalue weighted by Crippen LogP contribution is -2.34. The Kier molecular flexibility index (Phi) is 4.00. The molecule has 1 heterocycles. The molecule has 0 unspecified atom stereocenters. The van der Waals surface area contributed by atoms with Crippen LogP contribution in [0.1, 0.15) is 15.9 Å². The summed E-state index contributed by atoms with van der Waals surface area (Å²) in [5, 5.41) is 0. The lowest BCUT2D eigenvalue weighted by molar-refractivity contribution is 0.0781. The van der Waals surface area contributed by atoms with Crippen LogP contribution in [0, 0.1) is 11.6 Å². The fraction of sp³-hybridized carbons (Fsp3) is 0.188. The standard InChI is InChI=1S/C16H14F2N2O3S/c1-20-8-7-11-12(16(20)21)3-2-4-14(11)19-24(22,23)15-6-5-10(17)9-13(15)18/h2-6,9,19H,7-8H2,1H3. The number of halogens is 2. The zero-order valence-corrected chi connectivity index (χ0v) is 13.5. The van der Waals surface area contributed by atoms with Crippen LogP contribution >= 0.6 is 0 Å². The number of nitrogens with one attached hydrogen (secondary N) is 1. The van der Waals surface area contributed by atoms with E-state index in [0.717, 1.165) is 12.1 Å². The summed E-state index contributed by atoms with van der Waals surface area (Å²) < 4.78 is 53.8. The summed E-state index contributed by atoms with van der Waals surface area (Å²) in [5.74, 6) is -2.24. The summed E-state index contributed by atoms with van der Waals surface area (Å²) in [5.41, 5.74) is 1.19. The molecule has 1 aliphatic heterocycles. The number of anilines is 1. The van der Waals surface area contributed by atoms with E-state index in [9.17, 15) is 22.0 Å². The van der Waals surface area contributed by atoms with E-state index in [1.54, 1.807) is 24.1 Å². The average Bonchev–Trinajstić information content (AvgIpc) is 2.50. The lowest BCUT2D eigenvalue weighted by atomic mass is 9.98. The van der Waals surface area contributed by atoms with Gasteiger partial charge >= 0.3 is 0 Å². The molecule has 1 N–H and O–H groups in total. The first-order valence-electron chi connectivity index (χ1n) is 7.15. The minimum absolute atomic E-state index is 0.203. The van der Waals surface area contributed by atoms with Crippen molar-refractivity contribution in [3.8, 4) is 0 Å². The Morgan fingerprint density at radius 2 is 1.92 bits per heavy atom. The number of hydrogen-bond acceptors (Lipinski definition) is 3. The van der Waals surface area contributed by atoms with E-state index in [0.29, 0.717) is 30.2 Å². The van der Waals surface area contributed by atoms with Crippen molar-refractivity contribution in [2.45, 2.75) is 11.3 Å². The summed E-state index contributed by atoms with van der Waals surface area (Å²) in [6, 6.07) is 6.92. The normalized spacial score (nSPS) is 14.5. The zero-order chi connectivity index (χ0) is 17.5. The molecule has 0 atom stereocenters. The predicted octanol–water partition coefficient (Wildman–Crippen LogP) is 2.39. The highest BCUT2D eigenvalue weighted by Crippen LogP contribution is 2.28. The van der Waals surface area contributed by atoms with Gasteiger partial charge in [0.15, 0.2) is 0 Å². The topological polar surface area (TPSA) is 66.5 Å². The second-order valence-electron chi connectivity index (χ2n) is 5.49. The van der Waals surface area contributed by atoms with Crippen LogP contribution in [-0.2, 0) is 16.4 Å². The molecule has 24 heavy (non-hydrogen) atoms. The van der Waals surface area contributed by atoms with Gasteiger partial charge in [-0.05, 0) is 36.2 Å². The van der Waals surface area contributed by atoms with Gasteiger partial charge in [0.1, 0.15) is 16.5 Å². The highest BCUT2D eigenvalue weighted by molar-refractivity contribution is 7.92. The van der Waals surface area contributed by atoms with Gasteiger partial charge in [-0.25, -0.2) is 17.2 Å². The Morgan fingerprint density at radius 3 is 2.62 bits per heavy atom. The highest BCUT2D eigenvalue weighted by atomic mass is 32.2. The van der Waals surface area contributed by atoms with E-state index < -0.39 is 26.6 Å².